The lowest BCUT2D eigenvalue weighted by atomic mass is 10.1. The van der Waals surface area contributed by atoms with E-state index in [4.69, 9.17) is 0 Å². The molecule has 1 aromatic heterocycles. The van der Waals surface area contributed by atoms with E-state index in [-0.39, 0.29) is 0 Å². The Morgan fingerprint density at radius 1 is 0.788 bits per heavy atom. The molecule has 182 valence electrons. The van der Waals surface area contributed by atoms with Crippen LogP contribution in [-0.2, 0) is 6.54 Å². The summed E-state index contributed by atoms with van der Waals surface area (Å²) in [6, 6.07) is 13.5. The predicted molar refractivity (Wildman–Crippen MR) is 143 cm³/mol. The summed E-state index contributed by atoms with van der Waals surface area (Å²) in [4.78, 5) is 2.54. The first-order valence-corrected chi connectivity index (χ1v) is 13.1. The highest BCUT2D eigenvalue weighted by molar-refractivity contribution is 5.70. The van der Waals surface area contributed by atoms with Gasteiger partial charge in [0.2, 0.25) is 0 Å². The van der Waals surface area contributed by atoms with E-state index >= 15 is 0 Å². The molecule has 0 aliphatic heterocycles. The van der Waals surface area contributed by atoms with Crippen molar-refractivity contribution in [2.24, 2.45) is 0 Å². The van der Waals surface area contributed by atoms with Gasteiger partial charge in [0.15, 0.2) is 18.9 Å². The lowest BCUT2D eigenvalue weighted by Crippen LogP contribution is -2.53. The van der Waals surface area contributed by atoms with Gasteiger partial charge in [-0.2, -0.15) is 0 Å². The normalized spacial score (nSPS) is 11.9. The molecule has 0 bridgehead atoms. The summed E-state index contributed by atoms with van der Waals surface area (Å²) in [7, 11) is 4.66. The molecule has 0 fully saturated rings. The number of hydrogen-bond acceptors (Lipinski definition) is 1. The number of pyridine rings is 1. The fraction of sp³-hybridized carbons (Fsp3) is 0.552. The van der Waals surface area contributed by atoms with Crippen LogP contribution in [-0.4, -0.2) is 51.3 Å². The highest BCUT2D eigenvalue weighted by Crippen LogP contribution is 2.18. The lowest BCUT2D eigenvalue weighted by molar-refractivity contribution is -0.893. The minimum atomic E-state index is 1.03. The summed E-state index contributed by atoms with van der Waals surface area (Å²) in [6.07, 6.45) is 16.3. The molecule has 1 aromatic carbocycles. The Morgan fingerprint density at radius 2 is 1.33 bits per heavy atom. The van der Waals surface area contributed by atoms with Gasteiger partial charge in [0.1, 0.15) is 0 Å². The van der Waals surface area contributed by atoms with Crippen molar-refractivity contribution >= 4 is 17.8 Å². The minimum absolute atomic E-state index is 1.03. The van der Waals surface area contributed by atoms with Gasteiger partial charge in [-0.05, 0) is 36.1 Å². The number of benzene rings is 1. The number of aryl methyl sites for hydroxylation is 1. The highest BCUT2D eigenvalue weighted by atomic mass is 15.3. The van der Waals surface area contributed by atoms with E-state index in [2.05, 4.69) is 104 Å². The second-order valence-corrected chi connectivity index (χ2v) is 9.93. The second kappa shape index (κ2) is 14.9. The molecule has 0 unspecified atom stereocenters. The summed E-state index contributed by atoms with van der Waals surface area (Å²) in [6.45, 7) is 11.4. The summed E-state index contributed by atoms with van der Waals surface area (Å²) in [5.41, 5.74) is 7.82. The van der Waals surface area contributed by atoms with Crippen molar-refractivity contribution < 1.29 is 14.8 Å². The zero-order valence-electron chi connectivity index (χ0n) is 21.8. The predicted octanol–water partition coefficient (Wildman–Crippen LogP) is 4.65. The fourth-order valence-electron chi connectivity index (χ4n) is 4.12. The van der Waals surface area contributed by atoms with Crippen molar-refractivity contribution in [1.29, 1.82) is 0 Å². The van der Waals surface area contributed by atoms with Crippen molar-refractivity contribution in [3.63, 3.8) is 0 Å². The molecule has 0 aliphatic rings. The van der Waals surface area contributed by atoms with Crippen LogP contribution in [0.25, 0.3) is 12.2 Å². The van der Waals surface area contributed by atoms with Crippen LogP contribution in [0.3, 0.4) is 0 Å². The molecule has 0 radical (unpaired) electrons. The molecular weight excluding hydrogens is 404 g/mol. The van der Waals surface area contributed by atoms with E-state index in [9.17, 15) is 0 Å². The van der Waals surface area contributed by atoms with Gasteiger partial charge in [-0.25, -0.2) is 4.57 Å². The molecule has 0 saturated heterocycles. The Hall–Kier alpha value is -2.17. The largest absolute Gasteiger partial charge is 0.372 e. The average Bonchev–Trinajstić information content (AvgIpc) is 2.83. The minimum Gasteiger partial charge on any atom is -0.372 e. The van der Waals surface area contributed by atoms with Gasteiger partial charge < -0.3 is 15.1 Å². The van der Waals surface area contributed by atoms with Crippen molar-refractivity contribution in [3.8, 4) is 0 Å². The monoisotopic (exact) mass is 453 g/mol. The first kappa shape index (κ1) is 27.1. The Bertz CT molecular complexity index is 785. The van der Waals surface area contributed by atoms with Crippen LogP contribution in [0.4, 0.5) is 5.69 Å². The number of nitrogens with zero attached hydrogens (tertiary/aromatic N) is 3. The highest BCUT2D eigenvalue weighted by Gasteiger charge is 2.15. The molecule has 2 aromatic rings. The quantitative estimate of drug-likeness (QED) is 0.291. The number of aromatic nitrogens is 1. The van der Waals surface area contributed by atoms with Crippen LogP contribution in [0.5, 0.6) is 0 Å². The zero-order chi connectivity index (χ0) is 23.9. The average molecular weight is 454 g/mol. The van der Waals surface area contributed by atoms with Crippen molar-refractivity contribution in [2.45, 2.75) is 58.9 Å². The van der Waals surface area contributed by atoms with E-state index in [0.717, 1.165) is 30.7 Å². The van der Waals surface area contributed by atoms with Crippen molar-refractivity contribution in [2.75, 3.05) is 51.7 Å². The Morgan fingerprint density at radius 3 is 1.88 bits per heavy atom. The lowest BCUT2D eigenvalue weighted by Gasteiger charge is -2.28. The van der Waals surface area contributed by atoms with E-state index < -0.39 is 0 Å². The first-order valence-electron chi connectivity index (χ1n) is 13.1. The van der Waals surface area contributed by atoms with Crippen molar-refractivity contribution in [1.82, 2.24) is 0 Å². The topological polar surface area (TPSA) is 34.8 Å². The van der Waals surface area contributed by atoms with Crippen LogP contribution >= 0.6 is 0 Å². The summed E-state index contributed by atoms with van der Waals surface area (Å²) >= 11 is 0. The SMILES string of the molecule is CCCCN(CCCC)c1ccc(C=Cc2cc[n+](CCC[N+](C)(C)CCC[NH3+])cc2)cc1. The summed E-state index contributed by atoms with van der Waals surface area (Å²) < 4.78 is 3.39. The number of hydrogen-bond donors (Lipinski definition) is 1. The number of rotatable bonds is 16. The molecule has 2 rings (SSSR count). The van der Waals surface area contributed by atoms with Crippen LogP contribution in [0, 0.1) is 0 Å². The van der Waals surface area contributed by atoms with E-state index in [1.807, 2.05) is 0 Å². The van der Waals surface area contributed by atoms with E-state index in [1.54, 1.807) is 0 Å². The van der Waals surface area contributed by atoms with Gasteiger partial charge in [-0.1, -0.05) is 51.0 Å². The maximum atomic E-state index is 3.97. The van der Waals surface area contributed by atoms with E-state index in [1.165, 1.54) is 68.4 Å². The molecular formula is C29H49N4+3. The maximum Gasteiger partial charge on any atom is 0.169 e. The Kier molecular flexibility index (Phi) is 12.2. The number of unbranched alkanes of at least 4 members (excludes halogenated alkanes) is 2. The molecule has 4 heteroatoms. The fourth-order valence-corrected chi connectivity index (χ4v) is 4.12. The smallest absolute Gasteiger partial charge is 0.169 e. The van der Waals surface area contributed by atoms with Crippen LogP contribution < -0.4 is 15.2 Å². The molecule has 3 N–H and O–H groups in total. The van der Waals surface area contributed by atoms with Crippen LogP contribution in [0.15, 0.2) is 48.8 Å². The standard InChI is InChI=1S/C29H48N4/c1-5-7-21-32(22-8-6-2)29-15-13-27(14-16-29)11-12-28-17-23-31(24-18-28)20-10-26-33(3,4)25-9-19-30/h11-18,23-24H,5-10,19-22,25-26,30H2,1-4H3/q+2/p+1. The molecule has 0 amide bonds. The molecule has 0 aliphatic carbocycles. The molecule has 4 nitrogen and oxygen atoms in total. The molecule has 0 spiro atoms. The molecule has 33 heavy (non-hydrogen) atoms. The molecule has 0 saturated carbocycles. The maximum absolute atomic E-state index is 3.97. The van der Waals surface area contributed by atoms with Gasteiger partial charge in [-0.3, -0.25) is 0 Å². The van der Waals surface area contributed by atoms with Gasteiger partial charge in [0.05, 0.1) is 40.2 Å². The summed E-state index contributed by atoms with van der Waals surface area (Å²) in [5.74, 6) is 0. The van der Waals surface area contributed by atoms with Crippen molar-refractivity contribution in [3.05, 3.63) is 59.9 Å². The van der Waals surface area contributed by atoms with Crippen LogP contribution in [0.2, 0.25) is 0 Å². The molecule has 0 atom stereocenters. The summed E-state index contributed by atoms with van der Waals surface area (Å²) in [5, 5.41) is 0. The third-order valence-corrected chi connectivity index (χ3v) is 6.40. The Labute approximate surface area is 203 Å². The second-order valence-electron chi connectivity index (χ2n) is 9.93. The molecule has 1 heterocycles. The van der Waals surface area contributed by atoms with Gasteiger partial charge in [0.25, 0.3) is 0 Å². The zero-order valence-corrected chi connectivity index (χ0v) is 21.8. The van der Waals surface area contributed by atoms with Gasteiger partial charge in [0, 0.05) is 37.3 Å². The van der Waals surface area contributed by atoms with E-state index in [0.29, 0.717) is 0 Å². The first-order chi connectivity index (χ1) is 16.0. The third-order valence-electron chi connectivity index (χ3n) is 6.40. The number of anilines is 1. The third kappa shape index (κ3) is 10.5. The van der Waals surface area contributed by atoms with Crippen LogP contribution in [0.1, 0.15) is 63.5 Å². The number of quaternary nitrogens is 2. The van der Waals surface area contributed by atoms with Gasteiger partial charge in [-0.15, -0.1) is 0 Å². The Balaban J connectivity index is 1.87. The van der Waals surface area contributed by atoms with Gasteiger partial charge >= 0.3 is 0 Å².